The van der Waals surface area contributed by atoms with Crippen molar-refractivity contribution in [3.05, 3.63) is 18.2 Å². The van der Waals surface area contributed by atoms with E-state index in [1.165, 1.54) is 0 Å². The highest BCUT2D eigenvalue weighted by Gasteiger charge is 2.14. The molecule has 17 heavy (non-hydrogen) atoms. The van der Waals surface area contributed by atoms with Crippen LogP contribution in [0.25, 0.3) is 0 Å². The number of halogens is 2. The molecule has 0 saturated heterocycles. The monoisotopic (exact) mass is 277 g/mol. The van der Waals surface area contributed by atoms with Crippen LogP contribution in [0, 0.1) is 0 Å². The van der Waals surface area contributed by atoms with Crippen LogP contribution in [-0.4, -0.2) is 39.1 Å². The lowest BCUT2D eigenvalue weighted by atomic mass is 10.2. The Morgan fingerprint density at radius 1 is 1.06 bits per heavy atom. The van der Waals surface area contributed by atoms with E-state index in [1.54, 1.807) is 14.2 Å². The van der Waals surface area contributed by atoms with Crippen molar-refractivity contribution in [2.45, 2.75) is 0 Å². The first-order chi connectivity index (χ1) is 8.28. The molecule has 0 N–H and O–H groups in total. The number of hydrogen-bond donors (Lipinski definition) is 0. The van der Waals surface area contributed by atoms with Gasteiger partial charge in [-0.1, -0.05) is 6.07 Å². The number of hydrogen-bond acceptors (Lipinski definition) is 3. The smallest absolute Gasteiger partial charge is 0.184 e. The van der Waals surface area contributed by atoms with Crippen molar-refractivity contribution >= 4 is 28.9 Å². The van der Waals surface area contributed by atoms with E-state index in [0.717, 1.165) is 18.8 Å². The summed E-state index contributed by atoms with van der Waals surface area (Å²) in [7, 11) is 3.25. The van der Waals surface area contributed by atoms with E-state index in [4.69, 9.17) is 32.7 Å². The number of ether oxygens (including phenoxy) is 2. The van der Waals surface area contributed by atoms with E-state index in [0.29, 0.717) is 23.3 Å². The van der Waals surface area contributed by atoms with Crippen LogP contribution in [0.1, 0.15) is 0 Å². The topological polar surface area (TPSA) is 21.7 Å². The van der Waals surface area contributed by atoms with Gasteiger partial charge in [-0.2, -0.15) is 0 Å². The summed E-state index contributed by atoms with van der Waals surface area (Å²) in [6, 6.07) is 5.76. The number of benzene rings is 1. The van der Waals surface area contributed by atoms with E-state index in [9.17, 15) is 0 Å². The van der Waals surface area contributed by atoms with Gasteiger partial charge >= 0.3 is 0 Å². The number of nitrogens with zero attached hydrogens (tertiary/aromatic N) is 1. The normalized spacial score (nSPS) is 10.1. The van der Waals surface area contributed by atoms with Crippen molar-refractivity contribution in [1.29, 1.82) is 0 Å². The van der Waals surface area contributed by atoms with E-state index in [1.807, 2.05) is 18.2 Å². The Hall–Kier alpha value is -0.800. The highest BCUT2D eigenvalue weighted by Crippen LogP contribution is 2.37. The zero-order chi connectivity index (χ0) is 12.7. The summed E-state index contributed by atoms with van der Waals surface area (Å²) >= 11 is 11.6. The van der Waals surface area contributed by atoms with E-state index in [-0.39, 0.29) is 0 Å². The fraction of sp³-hybridized carbons (Fsp3) is 0.500. The SMILES string of the molecule is COc1cccc(N(CCCl)CCCl)c1OC. The molecule has 0 aliphatic carbocycles. The molecule has 5 heteroatoms. The average molecular weight is 278 g/mol. The molecule has 0 spiro atoms. The predicted molar refractivity (Wildman–Crippen MR) is 73.2 cm³/mol. The third-order valence-electron chi connectivity index (χ3n) is 2.43. The van der Waals surface area contributed by atoms with Gasteiger partial charge in [0.15, 0.2) is 11.5 Å². The molecular weight excluding hydrogens is 261 g/mol. The molecule has 0 atom stereocenters. The number of methoxy groups -OCH3 is 2. The van der Waals surface area contributed by atoms with Crippen molar-refractivity contribution in [3.63, 3.8) is 0 Å². The van der Waals surface area contributed by atoms with Gasteiger partial charge in [0.2, 0.25) is 0 Å². The Morgan fingerprint density at radius 3 is 2.18 bits per heavy atom. The van der Waals surface area contributed by atoms with Crippen molar-refractivity contribution < 1.29 is 9.47 Å². The van der Waals surface area contributed by atoms with Gasteiger partial charge in [0.25, 0.3) is 0 Å². The van der Waals surface area contributed by atoms with Crippen molar-refractivity contribution in [2.24, 2.45) is 0 Å². The third-order valence-corrected chi connectivity index (χ3v) is 2.77. The Kier molecular flexibility index (Phi) is 6.30. The third kappa shape index (κ3) is 3.58. The molecule has 0 amide bonds. The second-order valence-electron chi connectivity index (χ2n) is 3.38. The maximum Gasteiger partial charge on any atom is 0.184 e. The first kappa shape index (κ1) is 14.3. The Balaban J connectivity index is 3.07. The summed E-state index contributed by atoms with van der Waals surface area (Å²) in [5.41, 5.74) is 0.952. The molecule has 1 aromatic carbocycles. The van der Waals surface area contributed by atoms with Crippen LogP contribution in [-0.2, 0) is 0 Å². The van der Waals surface area contributed by atoms with Crippen molar-refractivity contribution in [3.8, 4) is 11.5 Å². The Bertz CT molecular complexity index is 341. The van der Waals surface area contributed by atoms with Crippen LogP contribution in [0.15, 0.2) is 18.2 Å². The summed E-state index contributed by atoms with van der Waals surface area (Å²) in [5, 5.41) is 0. The average Bonchev–Trinajstić information content (AvgIpc) is 2.37. The lowest BCUT2D eigenvalue weighted by Crippen LogP contribution is -2.28. The lowest BCUT2D eigenvalue weighted by molar-refractivity contribution is 0.355. The van der Waals surface area contributed by atoms with Gasteiger partial charge in [0.05, 0.1) is 19.9 Å². The molecule has 0 aromatic heterocycles. The van der Waals surface area contributed by atoms with E-state index < -0.39 is 0 Å². The summed E-state index contributed by atoms with van der Waals surface area (Å²) in [4.78, 5) is 2.08. The largest absolute Gasteiger partial charge is 0.493 e. The fourth-order valence-corrected chi connectivity index (χ4v) is 2.08. The Morgan fingerprint density at radius 2 is 1.71 bits per heavy atom. The van der Waals surface area contributed by atoms with Gasteiger partial charge in [0, 0.05) is 24.8 Å². The molecule has 1 aromatic rings. The number of anilines is 1. The highest BCUT2D eigenvalue weighted by atomic mass is 35.5. The van der Waals surface area contributed by atoms with Crippen LogP contribution in [0.5, 0.6) is 11.5 Å². The van der Waals surface area contributed by atoms with Gasteiger partial charge < -0.3 is 14.4 Å². The van der Waals surface area contributed by atoms with Gasteiger partial charge in [-0.05, 0) is 12.1 Å². The summed E-state index contributed by atoms with van der Waals surface area (Å²) in [6.07, 6.45) is 0. The lowest BCUT2D eigenvalue weighted by Gasteiger charge is -2.25. The molecule has 0 unspecified atom stereocenters. The second-order valence-corrected chi connectivity index (χ2v) is 4.13. The molecule has 96 valence electrons. The second kappa shape index (κ2) is 7.51. The number of para-hydroxylation sites is 1. The maximum atomic E-state index is 5.79. The quantitative estimate of drug-likeness (QED) is 0.716. The van der Waals surface area contributed by atoms with E-state index >= 15 is 0 Å². The minimum absolute atomic E-state index is 0.539. The first-order valence-corrected chi connectivity index (χ1v) is 6.43. The van der Waals surface area contributed by atoms with Gasteiger partial charge in [-0.3, -0.25) is 0 Å². The zero-order valence-corrected chi connectivity index (χ0v) is 11.6. The maximum absolute atomic E-state index is 5.79. The summed E-state index contributed by atoms with van der Waals surface area (Å²) in [6.45, 7) is 1.44. The molecule has 0 aliphatic heterocycles. The minimum Gasteiger partial charge on any atom is -0.493 e. The summed E-state index contributed by atoms with van der Waals surface area (Å²) in [5.74, 6) is 2.50. The fourth-order valence-electron chi connectivity index (χ4n) is 1.68. The van der Waals surface area contributed by atoms with Crippen LogP contribution in [0.2, 0.25) is 0 Å². The molecule has 0 saturated carbocycles. The van der Waals surface area contributed by atoms with Gasteiger partial charge in [-0.25, -0.2) is 0 Å². The zero-order valence-electron chi connectivity index (χ0n) is 10.1. The standard InChI is InChI=1S/C12H17Cl2NO2/c1-16-11-5-3-4-10(12(11)17-2)15(8-6-13)9-7-14/h3-5H,6-9H2,1-2H3. The molecule has 3 nitrogen and oxygen atoms in total. The Labute approximate surface area is 112 Å². The van der Waals surface area contributed by atoms with Crippen LogP contribution < -0.4 is 14.4 Å². The molecule has 0 radical (unpaired) electrons. The molecule has 1 rings (SSSR count). The van der Waals surface area contributed by atoms with E-state index in [2.05, 4.69) is 4.90 Å². The van der Waals surface area contributed by atoms with Gasteiger partial charge in [0.1, 0.15) is 0 Å². The highest BCUT2D eigenvalue weighted by molar-refractivity contribution is 6.18. The molecular formula is C12H17Cl2NO2. The van der Waals surface area contributed by atoms with Gasteiger partial charge in [-0.15, -0.1) is 23.2 Å². The number of rotatable bonds is 7. The van der Waals surface area contributed by atoms with Crippen molar-refractivity contribution in [1.82, 2.24) is 0 Å². The van der Waals surface area contributed by atoms with Crippen LogP contribution in [0.3, 0.4) is 0 Å². The molecule has 0 fully saturated rings. The molecule has 0 bridgehead atoms. The molecule has 0 aliphatic rings. The molecule has 0 heterocycles. The van der Waals surface area contributed by atoms with Crippen LogP contribution >= 0.6 is 23.2 Å². The minimum atomic E-state index is 0.539. The van der Waals surface area contributed by atoms with Crippen LogP contribution in [0.4, 0.5) is 5.69 Å². The first-order valence-electron chi connectivity index (χ1n) is 5.36. The van der Waals surface area contributed by atoms with Crippen molar-refractivity contribution in [2.75, 3.05) is 44.0 Å². The summed E-state index contributed by atoms with van der Waals surface area (Å²) < 4.78 is 10.7. The predicted octanol–water partition coefficient (Wildman–Crippen LogP) is 2.99. The number of alkyl halides is 2.